The summed E-state index contributed by atoms with van der Waals surface area (Å²) in [6, 6.07) is 7.30. The Hall–Kier alpha value is -1.92. The summed E-state index contributed by atoms with van der Waals surface area (Å²) in [5.74, 6) is 1.69. The molecule has 6 heteroatoms. The van der Waals surface area contributed by atoms with Gasteiger partial charge in [-0.3, -0.25) is 4.79 Å². The molecule has 0 bridgehead atoms. The van der Waals surface area contributed by atoms with E-state index < -0.39 is 0 Å². The van der Waals surface area contributed by atoms with Gasteiger partial charge in [0.2, 0.25) is 0 Å². The van der Waals surface area contributed by atoms with E-state index in [1.54, 1.807) is 30.6 Å². The second-order valence-electron chi connectivity index (χ2n) is 5.45. The van der Waals surface area contributed by atoms with E-state index in [0.717, 1.165) is 21.1 Å². The maximum Gasteiger partial charge on any atom is 0.176 e. The molecule has 0 amide bonds. The van der Waals surface area contributed by atoms with Crippen molar-refractivity contribution < 1.29 is 9.53 Å². The number of benzene rings is 1. The molecule has 3 aromatic rings. The monoisotopic (exact) mass is 358 g/mol. The number of methoxy groups -OCH3 is 1. The first-order chi connectivity index (χ1) is 11.5. The van der Waals surface area contributed by atoms with Crippen molar-refractivity contribution in [1.82, 2.24) is 9.97 Å². The molecule has 0 aliphatic carbocycles. The number of thioether (sulfide) groups is 1. The Balaban J connectivity index is 1.89. The van der Waals surface area contributed by atoms with Crippen LogP contribution in [0.3, 0.4) is 0 Å². The van der Waals surface area contributed by atoms with Crippen molar-refractivity contribution in [3.8, 4) is 5.75 Å². The molecule has 0 aliphatic heterocycles. The van der Waals surface area contributed by atoms with E-state index in [1.165, 1.54) is 22.2 Å². The molecule has 0 saturated heterocycles. The van der Waals surface area contributed by atoms with Crippen LogP contribution >= 0.6 is 23.1 Å². The van der Waals surface area contributed by atoms with Gasteiger partial charge in [0.05, 0.1) is 18.4 Å². The Morgan fingerprint density at radius 3 is 2.71 bits per heavy atom. The van der Waals surface area contributed by atoms with E-state index in [2.05, 4.69) is 23.8 Å². The highest BCUT2D eigenvalue weighted by molar-refractivity contribution is 8.00. The lowest BCUT2D eigenvalue weighted by molar-refractivity contribution is 0.101. The summed E-state index contributed by atoms with van der Waals surface area (Å²) in [5.41, 5.74) is 1.80. The predicted molar refractivity (Wildman–Crippen MR) is 99.7 cm³/mol. The lowest BCUT2D eigenvalue weighted by atomic mass is 10.1. The zero-order chi connectivity index (χ0) is 17.3. The molecule has 0 fully saturated rings. The summed E-state index contributed by atoms with van der Waals surface area (Å²) < 4.78 is 5.28. The summed E-state index contributed by atoms with van der Waals surface area (Å²) in [6.45, 7) is 6.06. The van der Waals surface area contributed by atoms with Gasteiger partial charge in [-0.15, -0.1) is 11.3 Å². The molecule has 3 rings (SSSR count). The van der Waals surface area contributed by atoms with Crippen LogP contribution in [0.4, 0.5) is 0 Å². The lowest BCUT2D eigenvalue weighted by Gasteiger charge is -2.08. The molecule has 0 unspecified atom stereocenters. The van der Waals surface area contributed by atoms with Crippen LogP contribution in [0.1, 0.15) is 26.6 Å². The molecule has 0 atom stereocenters. The van der Waals surface area contributed by atoms with Crippen LogP contribution in [-0.2, 0) is 0 Å². The maximum absolute atomic E-state index is 12.6. The fourth-order valence-electron chi connectivity index (χ4n) is 2.51. The van der Waals surface area contributed by atoms with Crippen molar-refractivity contribution in [2.45, 2.75) is 25.8 Å². The first-order valence-corrected chi connectivity index (χ1v) is 9.34. The van der Waals surface area contributed by atoms with Gasteiger partial charge in [-0.25, -0.2) is 9.97 Å². The van der Waals surface area contributed by atoms with Crippen LogP contribution in [0, 0.1) is 20.8 Å². The van der Waals surface area contributed by atoms with Gasteiger partial charge in [0.25, 0.3) is 0 Å². The van der Waals surface area contributed by atoms with Gasteiger partial charge < -0.3 is 4.74 Å². The second kappa shape index (κ2) is 6.91. The summed E-state index contributed by atoms with van der Waals surface area (Å²) in [6.07, 6.45) is 0. The number of fused-ring (bicyclic) bond motifs is 1. The number of aryl methyl sites for hydroxylation is 3. The van der Waals surface area contributed by atoms with Gasteiger partial charge in [0, 0.05) is 10.3 Å². The molecule has 0 spiro atoms. The van der Waals surface area contributed by atoms with Crippen molar-refractivity contribution in [2.75, 3.05) is 12.9 Å². The van der Waals surface area contributed by atoms with Gasteiger partial charge in [0.15, 0.2) is 5.78 Å². The number of hydrogen-bond acceptors (Lipinski definition) is 6. The number of aromatic nitrogens is 2. The minimum absolute atomic E-state index is 0.0338. The van der Waals surface area contributed by atoms with E-state index in [0.29, 0.717) is 17.1 Å². The number of rotatable bonds is 5. The van der Waals surface area contributed by atoms with Crippen LogP contribution in [0.5, 0.6) is 5.75 Å². The Morgan fingerprint density at radius 2 is 1.96 bits per heavy atom. The van der Waals surface area contributed by atoms with Gasteiger partial charge in [-0.2, -0.15) is 0 Å². The number of ether oxygens (including phenoxy) is 1. The molecular formula is C18H18N2O2S2. The van der Waals surface area contributed by atoms with Crippen molar-refractivity contribution in [3.63, 3.8) is 0 Å². The Kier molecular flexibility index (Phi) is 4.87. The highest BCUT2D eigenvalue weighted by Crippen LogP contribution is 2.35. The molecule has 0 saturated carbocycles. The normalized spacial score (nSPS) is 11.0. The minimum atomic E-state index is 0.0338. The third-order valence-electron chi connectivity index (χ3n) is 3.85. The van der Waals surface area contributed by atoms with E-state index in [4.69, 9.17) is 4.74 Å². The van der Waals surface area contributed by atoms with Crippen LogP contribution in [0.2, 0.25) is 0 Å². The molecule has 2 aromatic heterocycles. The summed E-state index contributed by atoms with van der Waals surface area (Å²) in [4.78, 5) is 23.9. The third-order valence-corrected chi connectivity index (χ3v) is 5.93. The molecule has 0 aliphatic rings. The van der Waals surface area contributed by atoms with Crippen molar-refractivity contribution >= 4 is 39.1 Å². The van der Waals surface area contributed by atoms with E-state index in [9.17, 15) is 4.79 Å². The van der Waals surface area contributed by atoms with Crippen LogP contribution in [-0.4, -0.2) is 28.6 Å². The first kappa shape index (κ1) is 16.9. The number of para-hydroxylation sites is 1. The molecule has 124 valence electrons. The number of Topliss-reactive ketones (excluding diaryl/α,β-unsaturated/α-hetero) is 1. The summed E-state index contributed by atoms with van der Waals surface area (Å²) >= 11 is 3.14. The smallest absolute Gasteiger partial charge is 0.176 e. The van der Waals surface area contributed by atoms with E-state index >= 15 is 0 Å². The van der Waals surface area contributed by atoms with Crippen molar-refractivity contribution in [3.05, 3.63) is 46.1 Å². The summed E-state index contributed by atoms with van der Waals surface area (Å²) in [7, 11) is 1.58. The number of carbonyl (C=O) groups is 1. The standard InChI is InChI=1S/C18H18N2O2S2/c1-10-11(2)24-18-16(10)17(19-12(3)20-18)23-9-14(21)13-7-5-6-8-15(13)22-4/h5-8H,9H2,1-4H3. The van der Waals surface area contributed by atoms with Crippen LogP contribution < -0.4 is 4.74 Å². The quantitative estimate of drug-likeness (QED) is 0.379. The zero-order valence-electron chi connectivity index (χ0n) is 14.0. The first-order valence-electron chi connectivity index (χ1n) is 7.54. The molecule has 24 heavy (non-hydrogen) atoms. The number of carbonyl (C=O) groups excluding carboxylic acids is 1. The fourth-order valence-corrected chi connectivity index (χ4v) is 4.66. The third kappa shape index (κ3) is 3.16. The SMILES string of the molecule is COc1ccccc1C(=O)CSc1nc(C)nc2sc(C)c(C)c12. The number of thiophene rings is 1. The van der Waals surface area contributed by atoms with E-state index in [-0.39, 0.29) is 5.78 Å². The highest BCUT2D eigenvalue weighted by Gasteiger charge is 2.17. The number of hydrogen-bond donors (Lipinski definition) is 0. The van der Waals surface area contributed by atoms with Gasteiger partial charge >= 0.3 is 0 Å². The average molecular weight is 358 g/mol. The topological polar surface area (TPSA) is 52.1 Å². The number of ketones is 1. The largest absolute Gasteiger partial charge is 0.496 e. The maximum atomic E-state index is 12.6. The molecule has 4 nitrogen and oxygen atoms in total. The predicted octanol–water partition coefficient (Wildman–Crippen LogP) is 4.60. The number of nitrogens with zero attached hydrogens (tertiary/aromatic N) is 2. The second-order valence-corrected chi connectivity index (χ2v) is 7.62. The fraction of sp³-hybridized carbons (Fsp3) is 0.278. The average Bonchev–Trinajstić information content (AvgIpc) is 2.86. The zero-order valence-corrected chi connectivity index (χ0v) is 15.7. The molecular weight excluding hydrogens is 340 g/mol. The van der Waals surface area contributed by atoms with Crippen LogP contribution in [0.25, 0.3) is 10.2 Å². The molecule has 0 radical (unpaired) electrons. The van der Waals surface area contributed by atoms with Crippen LogP contribution in [0.15, 0.2) is 29.3 Å². The molecule has 0 N–H and O–H groups in total. The van der Waals surface area contributed by atoms with Crippen molar-refractivity contribution in [1.29, 1.82) is 0 Å². The Bertz CT molecular complexity index is 919. The van der Waals surface area contributed by atoms with Crippen molar-refractivity contribution in [2.24, 2.45) is 0 Å². The molecule has 1 aromatic carbocycles. The minimum Gasteiger partial charge on any atom is -0.496 e. The highest BCUT2D eigenvalue weighted by atomic mass is 32.2. The lowest BCUT2D eigenvalue weighted by Crippen LogP contribution is -2.05. The van der Waals surface area contributed by atoms with Gasteiger partial charge in [-0.1, -0.05) is 23.9 Å². The van der Waals surface area contributed by atoms with Gasteiger partial charge in [0.1, 0.15) is 21.4 Å². The van der Waals surface area contributed by atoms with E-state index in [1.807, 2.05) is 19.1 Å². The Labute approximate surface area is 149 Å². The molecule has 2 heterocycles. The summed E-state index contributed by atoms with van der Waals surface area (Å²) in [5, 5.41) is 1.95. The Morgan fingerprint density at radius 1 is 1.21 bits per heavy atom. The van der Waals surface area contributed by atoms with Gasteiger partial charge in [-0.05, 0) is 38.5 Å².